The zero-order chi connectivity index (χ0) is 43.6. The van der Waals surface area contributed by atoms with Crippen LogP contribution in [0.3, 0.4) is 0 Å². The summed E-state index contributed by atoms with van der Waals surface area (Å²) in [6, 6.07) is 18.1. The maximum Gasteiger partial charge on any atom is 1.00 e. The molecule has 0 saturated carbocycles. The summed E-state index contributed by atoms with van der Waals surface area (Å²) in [4.78, 5) is 36.4. The molecule has 2 aliphatic heterocycles. The second kappa shape index (κ2) is 20.8. The molecule has 0 aliphatic carbocycles. The van der Waals surface area contributed by atoms with Gasteiger partial charge in [-0.2, -0.15) is 0 Å². The number of carboxylic acid groups (broad SMARTS) is 1. The Morgan fingerprint density at radius 1 is 0.540 bits per heavy atom. The van der Waals surface area contributed by atoms with Gasteiger partial charge in [0, 0.05) is 41.9 Å². The van der Waals surface area contributed by atoms with Crippen molar-refractivity contribution < 1.29 is 134 Å². The first-order valence-corrected chi connectivity index (χ1v) is 16.8. The number of carbonyl (C=O) groups is 3. The summed E-state index contributed by atoms with van der Waals surface area (Å²) in [6.45, 7) is -3.56. The molecule has 1 spiro atoms. The molecule has 0 saturated heterocycles. The molecule has 24 heteroatoms. The van der Waals surface area contributed by atoms with E-state index < -0.39 is 90.0 Å². The first-order valence-electron chi connectivity index (χ1n) is 16.8. The molecule has 13 nitrogen and oxygen atoms in total. The molecular weight excluding hydrogens is 845 g/mol. The summed E-state index contributed by atoms with van der Waals surface area (Å²) in [6.07, 6.45) is 0. The van der Waals surface area contributed by atoms with Gasteiger partial charge in [0.1, 0.15) is 57.6 Å². The number of hydrogen-bond donors (Lipinski definition) is 5. The molecule has 1 unspecified atom stereocenters. The number of rotatable bonds is 4. The van der Waals surface area contributed by atoms with Crippen LogP contribution in [0.15, 0.2) is 103 Å². The maximum atomic E-state index is 15.3. The van der Waals surface area contributed by atoms with Crippen LogP contribution in [-0.4, -0.2) is 62.9 Å². The van der Waals surface area contributed by atoms with Crippen molar-refractivity contribution in [2.75, 3.05) is 0 Å². The number of aromatic hydroxyl groups is 1. The Balaban J connectivity index is 0.000000459. The smallest absolute Gasteiger partial charge is 0.870 e. The van der Waals surface area contributed by atoms with E-state index in [-0.39, 0.29) is 94.9 Å². The molecular formula is C39H25B2F7Li2O13. The number of benzene rings is 6. The Kier molecular flexibility index (Phi) is 16.9. The second-order valence-electron chi connectivity index (χ2n) is 12.4. The first-order chi connectivity index (χ1) is 28.4. The molecule has 6 aromatic carbocycles. The van der Waals surface area contributed by atoms with Gasteiger partial charge >= 0.3 is 69.9 Å². The number of phenols is 1. The molecule has 6 aromatic rings. The van der Waals surface area contributed by atoms with Gasteiger partial charge in [-0.25, -0.2) is 35.5 Å². The van der Waals surface area contributed by atoms with Crippen LogP contribution in [0.1, 0.15) is 32.5 Å². The van der Waals surface area contributed by atoms with Crippen LogP contribution >= 0.6 is 0 Å². The predicted molar refractivity (Wildman–Crippen MR) is 198 cm³/mol. The minimum Gasteiger partial charge on any atom is -0.870 e. The van der Waals surface area contributed by atoms with Crippen molar-refractivity contribution in [1.82, 2.24) is 0 Å². The molecule has 2 aliphatic rings. The van der Waals surface area contributed by atoms with Crippen LogP contribution in [0.4, 0.5) is 30.7 Å². The van der Waals surface area contributed by atoms with Crippen molar-refractivity contribution in [2.24, 2.45) is 0 Å². The average molecular weight is 871 g/mol. The van der Waals surface area contributed by atoms with E-state index in [4.69, 9.17) is 38.8 Å². The predicted octanol–water partition coefficient (Wildman–Crippen LogP) is 1.01. The van der Waals surface area contributed by atoms with Crippen molar-refractivity contribution in [3.05, 3.63) is 161 Å². The van der Waals surface area contributed by atoms with Crippen LogP contribution in [0.2, 0.25) is 0 Å². The Bertz CT molecular complexity index is 2720. The number of fused-ring (bicyclic) bond motifs is 2. The molecule has 2 heterocycles. The van der Waals surface area contributed by atoms with E-state index in [1.165, 1.54) is 36.4 Å². The number of hydrogen-bond acceptors (Lipinski definition) is 12. The van der Waals surface area contributed by atoms with E-state index in [1.807, 2.05) is 0 Å². The van der Waals surface area contributed by atoms with Crippen molar-refractivity contribution in [3.63, 3.8) is 0 Å². The van der Waals surface area contributed by atoms with E-state index in [9.17, 15) is 45.8 Å². The number of halogens is 7. The Morgan fingerprint density at radius 3 is 1.48 bits per heavy atom. The molecule has 8 rings (SSSR count). The Morgan fingerprint density at radius 2 is 0.968 bits per heavy atom. The maximum absolute atomic E-state index is 15.3. The number of carbonyl (C=O) groups excluding carboxylic acids is 2. The molecule has 1 atom stereocenters. The van der Waals surface area contributed by atoms with Crippen molar-refractivity contribution in [1.29, 1.82) is 0 Å². The van der Waals surface area contributed by atoms with Crippen LogP contribution in [0.25, 0.3) is 33.4 Å². The number of carboxylic acids is 1. The third-order valence-electron chi connectivity index (χ3n) is 8.49. The van der Waals surface area contributed by atoms with Gasteiger partial charge in [0.2, 0.25) is 0 Å². The fraction of sp³-hybridized carbons (Fsp3) is 0. The number of aromatic carboxylic acids is 1. The molecule has 0 fully saturated rings. The zero-order valence-corrected chi connectivity index (χ0v) is 32.2. The van der Waals surface area contributed by atoms with E-state index in [0.29, 0.717) is 18.2 Å². The van der Waals surface area contributed by atoms with Gasteiger partial charge < -0.3 is 49.4 Å². The third-order valence-corrected chi connectivity index (χ3v) is 8.49. The minimum absolute atomic E-state index is 0. The summed E-state index contributed by atoms with van der Waals surface area (Å²) >= 11 is 0. The fourth-order valence-corrected chi connectivity index (χ4v) is 5.88. The van der Waals surface area contributed by atoms with Crippen LogP contribution in [-0.2, 0) is 9.31 Å². The average Bonchev–Trinajstić information content (AvgIpc) is 3.15. The van der Waals surface area contributed by atoms with Gasteiger partial charge in [-0.1, -0.05) is 12.1 Å². The largest absolute Gasteiger partial charge is 1.00 e. The molecule has 0 radical (unpaired) electrons. The van der Waals surface area contributed by atoms with Crippen molar-refractivity contribution >= 4 is 32.2 Å². The summed E-state index contributed by atoms with van der Waals surface area (Å²) in [5, 5.41) is 39.7. The quantitative estimate of drug-likeness (QED) is 0.124. The zero-order valence-electron chi connectivity index (χ0n) is 32.2. The Hall–Kier alpha value is -6.20. The third kappa shape index (κ3) is 11.3. The normalized spacial score (nSPS) is 14.0. The minimum atomic E-state index is -3.56. The summed E-state index contributed by atoms with van der Waals surface area (Å²) in [5.41, 5.74) is -1.36. The standard InChI is InChI=1S/C26H11BF5O6.C13H8F2O3.BH3O3.2Li.H2O.H2/c28-13-2-4-15(19(30)10-13)12-1-7-21-18(9-12)25(33)37-27(35-21)36-22-8-6-17(24(32)23(22)26(34)38-27)16-5-3-14(29)11-20(16)31;14-8-2-3-9(11(15)6-8)7-1-4-12(16)10(5-7)13(17)18;2-1(3)4;;;;/h1-11H;1-6,16H,(H,17,18);2-4H;;;1H2;1H/q-1;;;2*+1;;/p-1/i;;;;;;1+1. The van der Waals surface area contributed by atoms with Gasteiger partial charge in [0.25, 0.3) is 0 Å². The molecule has 0 aromatic heterocycles. The van der Waals surface area contributed by atoms with E-state index in [1.54, 1.807) is 0 Å². The van der Waals surface area contributed by atoms with Gasteiger partial charge in [-0.3, -0.25) is 9.59 Å². The topological polar surface area (TPSA) is 219 Å². The monoisotopic (exact) mass is 871 g/mol. The van der Waals surface area contributed by atoms with Gasteiger partial charge in [-0.05, 0) is 83.9 Å². The van der Waals surface area contributed by atoms with Gasteiger partial charge in [-0.15, -0.1) is 0 Å². The van der Waals surface area contributed by atoms with Crippen molar-refractivity contribution in [2.45, 2.75) is 0 Å². The van der Waals surface area contributed by atoms with Gasteiger partial charge in [0.15, 0.2) is 0 Å². The second-order valence-corrected chi connectivity index (χ2v) is 12.4. The van der Waals surface area contributed by atoms with E-state index >= 15 is 4.39 Å². The SMILES string of the molecule is O=C(O)c1cc(-c2ccc(F)cc2F)ccc1O.O=C1O[B-]2(OC(=O)c3c(ccc(-c4ccc(F)cc4F)c3F)O2)Oc2ccc(-c3ccc(F)cc3F)cc21.OB(O)O.[2HH].[Li+].[Li+].[OH-]. The molecule has 6 N–H and O–H groups in total. The molecule has 0 amide bonds. The van der Waals surface area contributed by atoms with Crippen molar-refractivity contribution in [3.8, 4) is 50.6 Å². The van der Waals surface area contributed by atoms with Crippen LogP contribution < -0.4 is 47.0 Å². The molecule has 0 bridgehead atoms. The van der Waals surface area contributed by atoms with Crippen LogP contribution in [0, 0.1) is 40.7 Å². The summed E-state index contributed by atoms with van der Waals surface area (Å²) in [7, 11) is -2.17. The summed E-state index contributed by atoms with van der Waals surface area (Å²) < 4.78 is 118. The van der Waals surface area contributed by atoms with E-state index in [0.717, 1.165) is 48.5 Å². The fourth-order valence-electron chi connectivity index (χ4n) is 5.88. The summed E-state index contributed by atoms with van der Waals surface area (Å²) in [5.74, 6) is -11.0. The molecule has 316 valence electrons. The van der Waals surface area contributed by atoms with E-state index in [2.05, 4.69) is 0 Å². The van der Waals surface area contributed by atoms with Gasteiger partial charge in [0.05, 0.1) is 17.1 Å². The molecule has 63 heavy (non-hydrogen) atoms. The first kappa shape index (κ1) is 51.2. The Labute approximate surface area is 375 Å². The van der Waals surface area contributed by atoms with Crippen LogP contribution in [0.5, 0.6) is 17.2 Å².